The maximum absolute atomic E-state index is 14.7. The van der Waals surface area contributed by atoms with Gasteiger partial charge in [0.25, 0.3) is 23.6 Å². The van der Waals surface area contributed by atoms with Crippen molar-refractivity contribution in [1.29, 1.82) is 0 Å². The van der Waals surface area contributed by atoms with Crippen LogP contribution in [0.4, 0.5) is 36.4 Å². The Labute approximate surface area is 562 Å². The molecule has 0 fully saturated rings. The molecule has 516 valence electrons. The number of aromatic nitrogens is 5. The van der Waals surface area contributed by atoms with Gasteiger partial charge >= 0.3 is 24.3 Å². The third kappa shape index (κ3) is 19.6. The second-order valence-corrected chi connectivity index (χ2v) is 23.7. The van der Waals surface area contributed by atoms with Crippen molar-refractivity contribution < 1.29 is 76.4 Å². The van der Waals surface area contributed by atoms with E-state index in [1.54, 1.807) is 74.4 Å². The van der Waals surface area contributed by atoms with Crippen LogP contribution >= 0.6 is 11.6 Å². The molecule has 8 rings (SSSR count). The number of hydrogen-bond acceptors (Lipinski definition) is 19. The molecular formula is C65H78ClN15O16. The summed E-state index contributed by atoms with van der Waals surface area (Å²) in [5.41, 5.74) is 14.5. The minimum Gasteiger partial charge on any atom is -0.447 e. The van der Waals surface area contributed by atoms with Crippen molar-refractivity contribution in [3.63, 3.8) is 0 Å². The molecule has 9 N–H and O–H groups in total. The zero-order valence-electron chi connectivity index (χ0n) is 54.3. The van der Waals surface area contributed by atoms with Crippen LogP contribution in [0.15, 0.2) is 85.2 Å². The summed E-state index contributed by atoms with van der Waals surface area (Å²) in [6.45, 7) is 5.92. The first-order valence-corrected chi connectivity index (χ1v) is 31.8. The number of carbonyl (C=O) groups is 11. The number of nitrogens with two attached hydrogens (primary N) is 2. The fourth-order valence-electron chi connectivity index (χ4n) is 10.9. The number of rotatable bonds is 34. The highest BCUT2D eigenvalue weighted by Gasteiger charge is 2.37. The number of ether oxygens (including phenoxy) is 5. The standard InChI is InChI=1S/C65H78ClN15O16/c1-38(2)58(74-63(90)95-28-27-94-26-24-80-54(84)17-18-55(80)85)50(82)30-41(10-7-19-69-62(68)89)59(86)71-44-15-13-40(14-16-44)37-96-64(91)77(4)21-22-78(20-8-12-52(67)83)65(92)97-51-32-49-57(56-39(3)9-6-11-45(51)56)43(33-66)35-81(49)61(88)46-29-42-31-53(70-34-47(42)72-46)73-60(87)48-36-79(76-75-48)23-25-93-5/h6,9,11,13-18,29,31-32,34,36,38,41,43,58,72H,7-8,10,12,19-28,30,33,35,37H2,1-5H3,(H2,67,83)(H,71,86)(H,74,90)(H3,68,69,89)(H,70,73,87)/t41-,43-,58+/m1/s1. The van der Waals surface area contributed by atoms with Gasteiger partial charge in [0.15, 0.2) is 11.5 Å². The number of methoxy groups -OCH3 is 1. The third-order valence-electron chi connectivity index (χ3n) is 16.0. The first-order chi connectivity index (χ1) is 46.5. The van der Waals surface area contributed by atoms with Crippen molar-refractivity contribution in [2.75, 3.05) is 101 Å². The number of amides is 11. The molecule has 11 amide bonds. The molecule has 3 atom stereocenters. The molecule has 0 aliphatic carbocycles. The fourth-order valence-corrected chi connectivity index (χ4v) is 11.2. The first kappa shape index (κ1) is 72.3. The summed E-state index contributed by atoms with van der Waals surface area (Å²) in [5, 5.41) is 20.3. The summed E-state index contributed by atoms with van der Waals surface area (Å²) >= 11 is 6.66. The Morgan fingerprint density at radius 1 is 0.866 bits per heavy atom. The third-order valence-corrected chi connectivity index (χ3v) is 16.4. The molecule has 0 radical (unpaired) electrons. The van der Waals surface area contributed by atoms with E-state index < -0.39 is 83.4 Å². The lowest BCUT2D eigenvalue weighted by molar-refractivity contribution is -0.137. The van der Waals surface area contributed by atoms with Gasteiger partial charge in [-0.3, -0.25) is 38.5 Å². The summed E-state index contributed by atoms with van der Waals surface area (Å²) in [5.74, 6) is -4.56. The van der Waals surface area contributed by atoms with Gasteiger partial charge in [-0.25, -0.2) is 28.8 Å². The molecule has 2 aliphatic heterocycles. The Hall–Kier alpha value is -10.5. The molecule has 3 aromatic heterocycles. The molecule has 97 heavy (non-hydrogen) atoms. The van der Waals surface area contributed by atoms with E-state index in [1.165, 1.54) is 33.9 Å². The molecule has 5 heterocycles. The van der Waals surface area contributed by atoms with Gasteiger partial charge in [0, 0.05) is 112 Å². The number of aromatic amines is 1. The molecule has 3 aromatic carbocycles. The van der Waals surface area contributed by atoms with Gasteiger partial charge < -0.3 is 76.1 Å². The highest BCUT2D eigenvalue weighted by Crippen LogP contribution is 2.47. The van der Waals surface area contributed by atoms with E-state index in [9.17, 15) is 52.7 Å². The molecule has 0 bridgehead atoms. The second-order valence-electron chi connectivity index (χ2n) is 23.4. The predicted octanol–water partition coefficient (Wildman–Crippen LogP) is 5.49. The van der Waals surface area contributed by atoms with Crippen LogP contribution in [0.25, 0.3) is 21.7 Å². The average molecular weight is 1360 g/mol. The van der Waals surface area contributed by atoms with Crippen molar-refractivity contribution in [3.8, 4) is 5.75 Å². The summed E-state index contributed by atoms with van der Waals surface area (Å²) in [6.07, 6.45) is 3.09. The second kappa shape index (κ2) is 34.2. The van der Waals surface area contributed by atoms with Crippen LogP contribution in [0.3, 0.4) is 0 Å². The van der Waals surface area contributed by atoms with Gasteiger partial charge in [-0.1, -0.05) is 49.4 Å². The van der Waals surface area contributed by atoms with Crippen LogP contribution in [0, 0.1) is 18.8 Å². The van der Waals surface area contributed by atoms with Crippen molar-refractivity contribution in [2.24, 2.45) is 23.3 Å². The molecular weight excluding hydrogens is 1280 g/mol. The van der Waals surface area contributed by atoms with E-state index in [0.29, 0.717) is 46.4 Å². The van der Waals surface area contributed by atoms with Crippen molar-refractivity contribution in [2.45, 2.75) is 78.0 Å². The summed E-state index contributed by atoms with van der Waals surface area (Å²) in [4.78, 5) is 155. The topological polar surface area (TPSA) is 406 Å². The van der Waals surface area contributed by atoms with Crippen LogP contribution < -0.4 is 42.4 Å². The normalized spacial score (nSPS) is 13.9. The number of halogens is 1. The number of aryl methyl sites for hydroxylation is 1. The van der Waals surface area contributed by atoms with E-state index >= 15 is 0 Å². The highest BCUT2D eigenvalue weighted by atomic mass is 35.5. The minimum atomic E-state index is -1.04. The van der Waals surface area contributed by atoms with Crippen LogP contribution in [-0.2, 0) is 56.1 Å². The lowest BCUT2D eigenvalue weighted by atomic mass is 9.89. The van der Waals surface area contributed by atoms with E-state index in [2.05, 4.69) is 41.5 Å². The molecule has 0 saturated heterocycles. The zero-order valence-corrected chi connectivity index (χ0v) is 55.0. The number of ketones is 1. The maximum Gasteiger partial charge on any atom is 0.415 e. The number of fused-ring (bicyclic) bond motifs is 4. The number of primary amides is 2. The van der Waals surface area contributed by atoms with Crippen molar-refractivity contribution in [3.05, 3.63) is 113 Å². The van der Waals surface area contributed by atoms with Crippen LogP contribution in [0.1, 0.15) is 89.5 Å². The summed E-state index contributed by atoms with van der Waals surface area (Å²) < 4.78 is 29.0. The van der Waals surface area contributed by atoms with E-state index in [0.717, 1.165) is 33.6 Å². The highest BCUT2D eigenvalue weighted by molar-refractivity contribution is 6.20. The SMILES string of the molecule is COCCn1cc(C(=O)Nc2cc3cc(C(=O)N4C[C@@H](CCl)c5c4cc(OC(=O)N(CCCC(N)=O)CCN(C)C(=O)OCc4ccc(NC(=O)[C@H](CCCNC(N)=O)CC(=O)[C@@H](NC(=O)OCCOCCN6C(=O)C=CC6=O)C(C)C)cc4)c4cccc(C)c54)[nH]c3cn2)nn1. The van der Waals surface area contributed by atoms with Gasteiger partial charge in [0.1, 0.15) is 30.5 Å². The minimum absolute atomic E-state index is 0.0101. The molecule has 0 spiro atoms. The van der Waals surface area contributed by atoms with Crippen LogP contribution in [0.2, 0.25) is 0 Å². The number of Topliss-reactive ketones (excluding diaryl/α,β-unsaturated/α-hetero) is 1. The van der Waals surface area contributed by atoms with Crippen molar-refractivity contribution in [1.82, 2.24) is 50.3 Å². The van der Waals surface area contributed by atoms with E-state index in [-0.39, 0.29) is 133 Å². The lowest BCUT2D eigenvalue weighted by Crippen LogP contribution is -2.46. The molecule has 0 unspecified atom stereocenters. The number of nitrogens with zero attached hydrogens (tertiary/aromatic N) is 8. The number of urea groups is 1. The Balaban J connectivity index is 0.869. The molecule has 0 saturated carbocycles. The predicted molar refractivity (Wildman–Crippen MR) is 353 cm³/mol. The summed E-state index contributed by atoms with van der Waals surface area (Å²) in [7, 11) is 3.03. The van der Waals surface area contributed by atoms with Gasteiger partial charge in [0.05, 0.1) is 62.5 Å². The summed E-state index contributed by atoms with van der Waals surface area (Å²) in [6, 6.07) is 15.0. The number of benzene rings is 3. The first-order valence-electron chi connectivity index (χ1n) is 31.3. The fraction of sp³-hybridized carbons (Fsp3) is 0.415. The number of likely N-dealkylation sites (N-methyl/N-ethyl adjacent to an activating group) is 1. The largest absolute Gasteiger partial charge is 0.447 e. The van der Waals surface area contributed by atoms with Crippen LogP contribution in [0.5, 0.6) is 5.75 Å². The molecule has 6 aromatic rings. The lowest BCUT2D eigenvalue weighted by Gasteiger charge is -2.26. The van der Waals surface area contributed by atoms with Gasteiger partial charge in [-0.15, -0.1) is 16.7 Å². The number of pyridine rings is 1. The van der Waals surface area contributed by atoms with E-state index in [4.69, 9.17) is 46.8 Å². The van der Waals surface area contributed by atoms with Crippen molar-refractivity contribution >= 4 is 116 Å². The number of alkyl carbamates (subject to hydrolysis) is 1. The number of imide groups is 1. The molecule has 31 nitrogen and oxygen atoms in total. The monoisotopic (exact) mass is 1360 g/mol. The quantitative estimate of drug-likeness (QED) is 0.0149. The average Bonchev–Trinajstić information content (AvgIpc) is 1.63. The number of carbonyl (C=O) groups excluding carboxylic acids is 11. The number of anilines is 3. The van der Waals surface area contributed by atoms with E-state index in [1.807, 2.05) is 19.1 Å². The smallest absolute Gasteiger partial charge is 0.415 e. The van der Waals surface area contributed by atoms with Gasteiger partial charge in [-0.2, -0.15) is 0 Å². The Kier molecular flexibility index (Phi) is 25.5. The maximum atomic E-state index is 14.7. The molecule has 32 heteroatoms. The zero-order chi connectivity index (χ0) is 69.9. The number of alkyl halides is 1. The molecule has 2 aliphatic rings. The van der Waals surface area contributed by atoms with Crippen LogP contribution in [-0.4, -0.2) is 197 Å². The Bertz CT molecular complexity index is 3910. The van der Waals surface area contributed by atoms with Gasteiger partial charge in [0.2, 0.25) is 11.8 Å². The Morgan fingerprint density at radius 2 is 1.63 bits per heavy atom. The number of nitrogens with one attached hydrogen (secondary N) is 5. The van der Waals surface area contributed by atoms with Gasteiger partial charge in [-0.05, 0) is 78.4 Å². The number of H-pyrrole nitrogens is 1. The number of hydrogen-bond donors (Lipinski definition) is 7. The Morgan fingerprint density at radius 3 is 2.34 bits per heavy atom.